The van der Waals surface area contributed by atoms with Crippen LogP contribution in [-0.4, -0.2) is 27.2 Å². The van der Waals surface area contributed by atoms with Crippen molar-refractivity contribution in [2.45, 2.75) is 19.5 Å². The van der Waals surface area contributed by atoms with E-state index >= 15 is 0 Å². The maximum absolute atomic E-state index is 10.7. The van der Waals surface area contributed by atoms with E-state index in [4.69, 9.17) is 5.11 Å². The molecule has 0 spiro atoms. The van der Waals surface area contributed by atoms with Crippen LogP contribution in [0.5, 0.6) is 0 Å². The minimum absolute atomic E-state index is 0. The van der Waals surface area contributed by atoms with Crippen molar-refractivity contribution in [3.8, 4) is 0 Å². The average molecular weight is 332 g/mol. The van der Waals surface area contributed by atoms with E-state index < -0.39 is 5.97 Å². The van der Waals surface area contributed by atoms with Gasteiger partial charge in [0.05, 0.1) is 11.9 Å². The normalized spacial score (nSPS) is 9.52. The molecule has 2 rings (SSSR count). The predicted molar refractivity (Wildman–Crippen MR) is 86.4 cm³/mol. The Balaban J connectivity index is 0.00000200. The summed E-state index contributed by atoms with van der Waals surface area (Å²) < 4.78 is 2.04. The number of nitrogens with zero attached hydrogens (tertiary/aromatic N) is 2. The Hall–Kier alpha value is -1.56. The number of rotatable bonds is 7. The fourth-order valence-electron chi connectivity index (χ4n) is 1.80. The number of hydrogen-bond acceptors (Lipinski definition) is 3. The van der Waals surface area contributed by atoms with E-state index in [1.54, 1.807) is 18.3 Å². The van der Waals surface area contributed by atoms with Crippen LogP contribution < -0.4 is 5.32 Å². The van der Waals surface area contributed by atoms with E-state index in [2.05, 4.69) is 10.3 Å². The SMILES string of the molecule is Cl.Cl.O=C(O)c1ccc(CNCCCn2ccnc2)cc1. The maximum atomic E-state index is 10.7. The molecule has 21 heavy (non-hydrogen) atoms. The van der Waals surface area contributed by atoms with Crippen LogP contribution in [0, 0.1) is 0 Å². The number of imidazole rings is 1. The Bertz CT molecular complexity index is 516. The third-order valence-electron chi connectivity index (χ3n) is 2.86. The molecule has 1 aromatic heterocycles. The van der Waals surface area contributed by atoms with Crippen molar-refractivity contribution >= 4 is 30.8 Å². The summed E-state index contributed by atoms with van der Waals surface area (Å²) in [6.07, 6.45) is 6.57. The molecule has 5 nitrogen and oxygen atoms in total. The Labute approximate surface area is 136 Å². The van der Waals surface area contributed by atoms with Gasteiger partial charge in [-0.2, -0.15) is 0 Å². The van der Waals surface area contributed by atoms with E-state index in [0.29, 0.717) is 5.56 Å². The van der Waals surface area contributed by atoms with Crippen LogP contribution in [0.15, 0.2) is 43.0 Å². The van der Waals surface area contributed by atoms with Crippen molar-refractivity contribution in [2.24, 2.45) is 0 Å². The molecule has 0 bridgehead atoms. The van der Waals surface area contributed by atoms with E-state index in [1.807, 2.05) is 29.2 Å². The molecule has 0 atom stereocenters. The van der Waals surface area contributed by atoms with Crippen molar-refractivity contribution in [3.63, 3.8) is 0 Å². The number of aromatic carboxylic acids is 1. The smallest absolute Gasteiger partial charge is 0.335 e. The summed E-state index contributed by atoms with van der Waals surface area (Å²) in [5.74, 6) is -0.889. The van der Waals surface area contributed by atoms with Gasteiger partial charge in [0.2, 0.25) is 0 Å². The molecule has 116 valence electrons. The van der Waals surface area contributed by atoms with E-state index in [9.17, 15) is 4.79 Å². The van der Waals surface area contributed by atoms with Gasteiger partial charge in [0.1, 0.15) is 0 Å². The zero-order valence-corrected chi connectivity index (χ0v) is 13.1. The Morgan fingerprint density at radius 1 is 1.24 bits per heavy atom. The Morgan fingerprint density at radius 3 is 2.52 bits per heavy atom. The number of hydrogen-bond donors (Lipinski definition) is 2. The van der Waals surface area contributed by atoms with Gasteiger partial charge in [-0.25, -0.2) is 9.78 Å². The van der Waals surface area contributed by atoms with E-state index in [0.717, 1.165) is 31.6 Å². The first kappa shape index (κ1) is 19.4. The molecule has 0 aliphatic carbocycles. The molecule has 0 unspecified atom stereocenters. The van der Waals surface area contributed by atoms with Gasteiger partial charge in [0, 0.05) is 25.5 Å². The van der Waals surface area contributed by atoms with Gasteiger partial charge in [-0.3, -0.25) is 0 Å². The van der Waals surface area contributed by atoms with Crippen LogP contribution >= 0.6 is 24.8 Å². The number of benzene rings is 1. The number of aromatic nitrogens is 2. The number of aryl methyl sites for hydroxylation is 1. The van der Waals surface area contributed by atoms with E-state index in [-0.39, 0.29) is 24.8 Å². The lowest BCUT2D eigenvalue weighted by atomic mass is 10.1. The zero-order valence-electron chi connectivity index (χ0n) is 11.4. The molecule has 7 heteroatoms. The van der Waals surface area contributed by atoms with Crippen LogP contribution in [-0.2, 0) is 13.1 Å². The van der Waals surface area contributed by atoms with Gasteiger partial charge >= 0.3 is 5.97 Å². The number of halogens is 2. The standard InChI is InChI=1S/C14H17N3O2.2ClH/c18-14(19)13-4-2-12(3-5-13)10-15-6-1-8-17-9-7-16-11-17;;/h2-5,7,9,11,15H,1,6,8,10H2,(H,18,19);2*1H. The van der Waals surface area contributed by atoms with Gasteiger partial charge in [-0.15, -0.1) is 24.8 Å². The molecule has 0 saturated heterocycles. The van der Waals surface area contributed by atoms with Crippen LogP contribution in [0.1, 0.15) is 22.3 Å². The molecule has 0 radical (unpaired) electrons. The number of carboxylic acids is 1. The third kappa shape index (κ3) is 6.62. The quantitative estimate of drug-likeness (QED) is 0.765. The Kier molecular flexibility index (Phi) is 9.45. The maximum Gasteiger partial charge on any atom is 0.335 e. The summed E-state index contributed by atoms with van der Waals surface area (Å²) >= 11 is 0. The molecular formula is C14H19Cl2N3O2. The first-order chi connectivity index (χ1) is 9.25. The molecule has 0 aliphatic rings. The highest BCUT2D eigenvalue weighted by Gasteiger charge is 2.01. The minimum Gasteiger partial charge on any atom is -0.478 e. The Morgan fingerprint density at radius 2 is 1.95 bits per heavy atom. The van der Waals surface area contributed by atoms with Gasteiger partial charge in [0.25, 0.3) is 0 Å². The van der Waals surface area contributed by atoms with Crippen molar-refractivity contribution in [1.82, 2.24) is 14.9 Å². The fraction of sp³-hybridized carbons (Fsp3) is 0.286. The van der Waals surface area contributed by atoms with Gasteiger partial charge < -0.3 is 15.0 Å². The second-order valence-electron chi connectivity index (χ2n) is 4.33. The fourth-order valence-corrected chi connectivity index (χ4v) is 1.80. The second kappa shape index (κ2) is 10.2. The van der Waals surface area contributed by atoms with Crippen molar-refractivity contribution in [3.05, 3.63) is 54.1 Å². The van der Waals surface area contributed by atoms with Crippen molar-refractivity contribution < 1.29 is 9.90 Å². The van der Waals surface area contributed by atoms with Crippen LogP contribution in [0.2, 0.25) is 0 Å². The largest absolute Gasteiger partial charge is 0.478 e. The molecule has 0 saturated carbocycles. The number of nitrogens with one attached hydrogen (secondary N) is 1. The molecule has 1 heterocycles. The topological polar surface area (TPSA) is 67.2 Å². The minimum atomic E-state index is -0.889. The molecule has 2 N–H and O–H groups in total. The lowest BCUT2D eigenvalue weighted by Crippen LogP contribution is -2.16. The van der Waals surface area contributed by atoms with Crippen LogP contribution in [0.25, 0.3) is 0 Å². The summed E-state index contributed by atoms with van der Waals surface area (Å²) in [4.78, 5) is 14.7. The number of carboxylic acid groups (broad SMARTS) is 1. The summed E-state index contributed by atoms with van der Waals surface area (Å²) in [7, 11) is 0. The second-order valence-corrected chi connectivity index (χ2v) is 4.33. The summed E-state index contributed by atoms with van der Waals surface area (Å²) in [6, 6.07) is 6.94. The highest BCUT2D eigenvalue weighted by atomic mass is 35.5. The van der Waals surface area contributed by atoms with Crippen molar-refractivity contribution in [2.75, 3.05) is 6.54 Å². The predicted octanol–water partition coefficient (Wildman–Crippen LogP) is 2.60. The highest BCUT2D eigenvalue weighted by molar-refractivity contribution is 5.87. The van der Waals surface area contributed by atoms with Gasteiger partial charge in [-0.05, 0) is 30.7 Å². The third-order valence-corrected chi connectivity index (χ3v) is 2.86. The first-order valence-corrected chi connectivity index (χ1v) is 6.24. The summed E-state index contributed by atoms with van der Waals surface area (Å²) in [5.41, 5.74) is 1.41. The van der Waals surface area contributed by atoms with Crippen LogP contribution in [0.4, 0.5) is 0 Å². The van der Waals surface area contributed by atoms with E-state index in [1.165, 1.54) is 0 Å². The highest BCUT2D eigenvalue weighted by Crippen LogP contribution is 2.04. The molecule has 0 amide bonds. The summed E-state index contributed by atoms with van der Waals surface area (Å²) in [5, 5.41) is 12.1. The first-order valence-electron chi connectivity index (χ1n) is 6.24. The van der Waals surface area contributed by atoms with Crippen molar-refractivity contribution in [1.29, 1.82) is 0 Å². The van der Waals surface area contributed by atoms with Gasteiger partial charge in [-0.1, -0.05) is 12.1 Å². The lowest BCUT2D eigenvalue weighted by Gasteiger charge is -2.06. The summed E-state index contributed by atoms with van der Waals surface area (Å²) in [6.45, 7) is 2.62. The van der Waals surface area contributed by atoms with Gasteiger partial charge in [0.15, 0.2) is 0 Å². The molecule has 1 aromatic carbocycles. The lowest BCUT2D eigenvalue weighted by molar-refractivity contribution is 0.0697. The molecule has 2 aromatic rings. The average Bonchev–Trinajstić information content (AvgIpc) is 2.92. The monoisotopic (exact) mass is 331 g/mol. The molecule has 0 fully saturated rings. The van der Waals surface area contributed by atoms with Crippen LogP contribution in [0.3, 0.4) is 0 Å². The number of carbonyl (C=O) groups is 1. The molecule has 0 aliphatic heterocycles. The zero-order chi connectivity index (χ0) is 13.5. The molecular weight excluding hydrogens is 313 g/mol.